The van der Waals surface area contributed by atoms with Crippen LogP contribution >= 0.6 is 0 Å². The van der Waals surface area contributed by atoms with Gasteiger partial charge in [-0.3, -0.25) is 14.0 Å². The molecule has 0 saturated carbocycles. The van der Waals surface area contributed by atoms with Crippen molar-refractivity contribution in [3.05, 3.63) is 45.4 Å². The number of aromatic nitrogens is 2. The van der Waals surface area contributed by atoms with E-state index in [4.69, 9.17) is 4.98 Å². The van der Waals surface area contributed by atoms with E-state index < -0.39 is 5.91 Å². The molecule has 1 saturated heterocycles. The number of aryl methyl sites for hydroxylation is 1. The largest absolute Gasteiger partial charge is 0.354 e. The van der Waals surface area contributed by atoms with Crippen LogP contribution in [0, 0.1) is 18.3 Å². The van der Waals surface area contributed by atoms with Gasteiger partial charge in [0.2, 0.25) is 0 Å². The lowest BCUT2D eigenvalue weighted by Crippen LogP contribution is -2.45. The van der Waals surface area contributed by atoms with Gasteiger partial charge in [-0.2, -0.15) is 5.26 Å². The molecule has 1 aliphatic heterocycles. The number of nitriles is 1. The van der Waals surface area contributed by atoms with Crippen molar-refractivity contribution in [3.63, 3.8) is 0 Å². The maximum atomic E-state index is 13.2. The molecular weight excluding hydrogens is 344 g/mol. The van der Waals surface area contributed by atoms with Gasteiger partial charge >= 0.3 is 0 Å². The van der Waals surface area contributed by atoms with Crippen molar-refractivity contribution < 1.29 is 4.79 Å². The van der Waals surface area contributed by atoms with E-state index in [2.05, 4.69) is 10.2 Å². The third-order valence-corrected chi connectivity index (χ3v) is 4.75. The fraction of sp³-hybridized carbons (Fsp3) is 0.368. The number of fused-ring (bicyclic) bond motifs is 1. The first-order chi connectivity index (χ1) is 13.0. The molecule has 140 valence electrons. The minimum Gasteiger partial charge on any atom is -0.354 e. The molecule has 8 nitrogen and oxygen atoms in total. The summed E-state index contributed by atoms with van der Waals surface area (Å²) in [4.78, 5) is 34.1. The number of likely N-dealkylation sites (N-methyl/N-ethyl adjacent to an activating group) is 2. The summed E-state index contributed by atoms with van der Waals surface area (Å²) in [6.45, 7) is 5.02. The maximum absolute atomic E-state index is 13.2. The second-order valence-electron chi connectivity index (χ2n) is 6.58. The van der Waals surface area contributed by atoms with E-state index in [1.807, 2.05) is 31.0 Å². The van der Waals surface area contributed by atoms with Gasteiger partial charge in [-0.15, -0.1) is 0 Å². The molecule has 0 bridgehead atoms. The molecule has 1 aliphatic rings. The monoisotopic (exact) mass is 366 g/mol. The van der Waals surface area contributed by atoms with Crippen molar-refractivity contribution in [2.75, 3.05) is 45.2 Å². The summed E-state index contributed by atoms with van der Waals surface area (Å²) < 4.78 is 1.46. The number of amides is 1. The van der Waals surface area contributed by atoms with Gasteiger partial charge in [0.1, 0.15) is 23.1 Å². The Morgan fingerprint density at radius 1 is 1.33 bits per heavy atom. The topological polar surface area (TPSA) is 93.7 Å². The molecular formula is C19H22N6O2. The highest BCUT2D eigenvalue weighted by Crippen LogP contribution is 2.21. The van der Waals surface area contributed by atoms with Gasteiger partial charge < -0.3 is 15.1 Å². The summed E-state index contributed by atoms with van der Waals surface area (Å²) in [7, 11) is 3.49. The molecule has 2 aromatic heterocycles. The molecule has 1 fully saturated rings. The van der Waals surface area contributed by atoms with Crippen LogP contribution in [0.2, 0.25) is 0 Å². The Balaban J connectivity index is 2.26. The van der Waals surface area contributed by atoms with Crippen LogP contribution in [-0.4, -0.2) is 60.5 Å². The van der Waals surface area contributed by atoms with Crippen molar-refractivity contribution in [3.8, 4) is 6.07 Å². The summed E-state index contributed by atoms with van der Waals surface area (Å²) in [6, 6.07) is 5.55. The van der Waals surface area contributed by atoms with Gasteiger partial charge in [0.05, 0.1) is 5.56 Å². The standard InChI is InChI=1S/C19H22N6O2/c1-13-5-4-6-25-16(13)22-17(24-9-7-23(3)8-10-24)15(19(25)27)11-14(12-20)18(26)21-2/h4-6,11H,7-10H2,1-3H3,(H,21,26)/b14-11+. The van der Waals surface area contributed by atoms with Crippen molar-refractivity contribution in [2.45, 2.75) is 6.92 Å². The number of nitrogens with zero attached hydrogens (tertiary/aromatic N) is 5. The minimum atomic E-state index is -0.532. The molecule has 8 heteroatoms. The van der Waals surface area contributed by atoms with Crippen LogP contribution in [0.15, 0.2) is 28.7 Å². The fourth-order valence-electron chi connectivity index (χ4n) is 3.11. The highest BCUT2D eigenvalue weighted by atomic mass is 16.1. The molecule has 1 N–H and O–H groups in total. The molecule has 0 radical (unpaired) electrons. The van der Waals surface area contributed by atoms with Crippen LogP contribution in [0.5, 0.6) is 0 Å². The molecule has 3 rings (SSSR count). The maximum Gasteiger partial charge on any atom is 0.267 e. The molecule has 0 aliphatic carbocycles. The van der Waals surface area contributed by atoms with Crippen molar-refractivity contribution in [1.29, 1.82) is 5.26 Å². The van der Waals surface area contributed by atoms with E-state index in [1.54, 1.807) is 12.3 Å². The first kappa shape index (κ1) is 18.6. The quantitative estimate of drug-likeness (QED) is 0.625. The average Bonchev–Trinajstić information content (AvgIpc) is 2.68. The second kappa shape index (κ2) is 7.60. The Labute approximate surface area is 157 Å². The summed E-state index contributed by atoms with van der Waals surface area (Å²) in [5.41, 5.74) is 1.29. The molecule has 0 spiro atoms. The average molecular weight is 366 g/mol. The Morgan fingerprint density at radius 2 is 2.04 bits per heavy atom. The van der Waals surface area contributed by atoms with E-state index in [-0.39, 0.29) is 16.7 Å². The number of carbonyl (C=O) groups is 1. The molecule has 1 amide bonds. The SMILES string of the molecule is CNC(=O)/C(C#N)=C/c1c(N2CCN(C)CC2)nc2c(C)cccn2c1=O. The van der Waals surface area contributed by atoms with Crippen molar-refractivity contribution >= 4 is 23.4 Å². The number of anilines is 1. The first-order valence-electron chi connectivity index (χ1n) is 8.75. The van der Waals surface area contributed by atoms with Gasteiger partial charge in [-0.05, 0) is 31.7 Å². The second-order valence-corrected chi connectivity index (χ2v) is 6.58. The number of rotatable bonds is 3. The number of nitrogens with one attached hydrogen (secondary N) is 1. The third kappa shape index (κ3) is 3.55. The normalized spacial score (nSPS) is 15.6. The van der Waals surface area contributed by atoms with Crippen LogP contribution < -0.4 is 15.8 Å². The van der Waals surface area contributed by atoms with Crippen LogP contribution in [0.4, 0.5) is 5.82 Å². The Hall–Kier alpha value is -3.18. The Bertz CT molecular complexity index is 1010. The van der Waals surface area contributed by atoms with E-state index in [1.165, 1.54) is 17.5 Å². The molecule has 2 aromatic rings. The third-order valence-electron chi connectivity index (χ3n) is 4.75. The fourth-order valence-corrected chi connectivity index (χ4v) is 3.11. The molecule has 0 unspecified atom stereocenters. The molecule has 3 heterocycles. The highest BCUT2D eigenvalue weighted by molar-refractivity contribution is 6.02. The van der Waals surface area contributed by atoms with E-state index in [0.717, 1.165) is 18.7 Å². The highest BCUT2D eigenvalue weighted by Gasteiger charge is 2.22. The smallest absolute Gasteiger partial charge is 0.267 e. The summed E-state index contributed by atoms with van der Waals surface area (Å²) >= 11 is 0. The number of hydrogen-bond acceptors (Lipinski definition) is 6. The predicted octanol–water partition coefficient (Wildman–Crippen LogP) is 0.408. The van der Waals surface area contributed by atoms with Crippen molar-refractivity contribution in [2.24, 2.45) is 0 Å². The van der Waals surface area contributed by atoms with Gasteiger partial charge in [0.25, 0.3) is 11.5 Å². The zero-order valence-electron chi connectivity index (χ0n) is 15.7. The van der Waals surface area contributed by atoms with Gasteiger partial charge in [-0.1, -0.05) is 6.07 Å². The van der Waals surface area contributed by atoms with Crippen molar-refractivity contribution in [1.82, 2.24) is 19.6 Å². The van der Waals surface area contributed by atoms with E-state index in [0.29, 0.717) is 24.6 Å². The van der Waals surface area contributed by atoms with Crippen LogP contribution in [0.25, 0.3) is 11.7 Å². The lowest BCUT2D eigenvalue weighted by molar-refractivity contribution is -0.116. The number of carbonyl (C=O) groups excluding carboxylic acids is 1. The molecule has 0 aromatic carbocycles. The number of piperazine rings is 1. The Kier molecular flexibility index (Phi) is 5.23. The van der Waals surface area contributed by atoms with Gasteiger partial charge in [0, 0.05) is 39.4 Å². The number of hydrogen-bond donors (Lipinski definition) is 1. The lowest BCUT2D eigenvalue weighted by Gasteiger charge is -2.34. The molecule has 27 heavy (non-hydrogen) atoms. The van der Waals surface area contributed by atoms with Crippen LogP contribution in [0.1, 0.15) is 11.1 Å². The van der Waals surface area contributed by atoms with Crippen LogP contribution in [-0.2, 0) is 4.79 Å². The van der Waals surface area contributed by atoms with Gasteiger partial charge in [0.15, 0.2) is 0 Å². The van der Waals surface area contributed by atoms with E-state index in [9.17, 15) is 14.9 Å². The lowest BCUT2D eigenvalue weighted by atomic mass is 10.1. The minimum absolute atomic E-state index is 0.126. The zero-order chi connectivity index (χ0) is 19.6. The van der Waals surface area contributed by atoms with Crippen LogP contribution in [0.3, 0.4) is 0 Å². The first-order valence-corrected chi connectivity index (χ1v) is 8.75. The predicted molar refractivity (Wildman–Crippen MR) is 104 cm³/mol. The zero-order valence-corrected chi connectivity index (χ0v) is 15.7. The van der Waals surface area contributed by atoms with E-state index >= 15 is 0 Å². The Morgan fingerprint density at radius 3 is 2.67 bits per heavy atom. The molecule has 0 atom stereocenters. The summed E-state index contributed by atoms with van der Waals surface area (Å²) in [5.74, 6) is -0.0189. The number of pyridine rings is 1. The van der Waals surface area contributed by atoms with Gasteiger partial charge in [-0.25, -0.2) is 4.98 Å². The summed E-state index contributed by atoms with van der Waals surface area (Å²) in [6.07, 6.45) is 2.99. The summed E-state index contributed by atoms with van der Waals surface area (Å²) in [5, 5.41) is 11.8.